The molecule has 5 nitrogen and oxygen atoms in total. The Morgan fingerprint density at radius 3 is 2.60 bits per heavy atom. The van der Waals surface area contributed by atoms with Crippen molar-refractivity contribution in [2.45, 2.75) is 37.5 Å². The lowest BCUT2D eigenvalue weighted by molar-refractivity contribution is 0.456. The molecule has 0 spiro atoms. The van der Waals surface area contributed by atoms with Crippen molar-refractivity contribution >= 4 is 15.8 Å². The highest BCUT2D eigenvalue weighted by atomic mass is 32.2. The first-order valence-electron chi connectivity index (χ1n) is 8.89. The minimum absolute atomic E-state index is 0.0130. The van der Waals surface area contributed by atoms with Gasteiger partial charge in [-0.1, -0.05) is 30.7 Å². The molecule has 0 saturated heterocycles. The SMILES string of the molecule is C=CCCCCCN(C)C(=NCCS(=O)(=O)c1ccccc1)NCC. The summed E-state index contributed by atoms with van der Waals surface area (Å²) in [5, 5.41) is 3.23. The summed E-state index contributed by atoms with van der Waals surface area (Å²) < 4.78 is 24.6. The van der Waals surface area contributed by atoms with Crippen LogP contribution in [0.2, 0.25) is 0 Å². The second-order valence-corrected chi connectivity index (χ2v) is 8.04. The zero-order chi connectivity index (χ0) is 18.5. The van der Waals surface area contributed by atoms with Crippen LogP contribution in [-0.4, -0.2) is 51.7 Å². The maximum absolute atomic E-state index is 12.3. The second kappa shape index (κ2) is 11.7. The van der Waals surface area contributed by atoms with Gasteiger partial charge in [0.05, 0.1) is 17.2 Å². The predicted octanol–water partition coefficient (Wildman–Crippen LogP) is 3.10. The highest BCUT2D eigenvalue weighted by Gasteiger charge is 2.13. The minimum Gasteiger partial charge on any atom is -0.357 e. The van der Waals surface area contributed by atoms with Gasteiger partial charge in [-0.25, -0.2) is 8.42 Å². The smallest absolute Gasteiger partial charge is 0.193 e. The first-order valence-corrected chi connectivity index (χ1v) is 10.5. The van der Waals surface area contributed by atoms with Crippen LogP contribution in [-0.2, 0) is 9.84 Å². The Bertz CT molecular complexity index is 627. The molecule has 0 bridgehead atoms. The number of rotatable bonds is 11. The van der Waals surface area contributed by atoms with Crippen LogP contribution in [0.4, 0.5) is 0 Å². The van der Waals surface area contributed by atoms with Crippen LogP contribution >= 0.6 is 0 Å². The Balaban J connectivity index is 2.55. The van der Waals surface area contributed by atoms with E-state index in [0.717, 1.165) is 44.7 Å². The van der Waals surface area contributed by atoms with Gasteiger partial charge in [0.1, 0.15) is 0 Å². The highest BCUT2D eigenvalue weighted by molar-refractivity contribution is 7.91. The van der Waals surface area contributed by atoms with Crippen molar-refractivity contribution in [1.29, 1.82) is 0 Å². The number of hydrogen-bond donors (Lipinski definition) is 1. The van der Waals surface area contributed by atoms with E-state index in [1.165, 1.54) is 0 Å². The van der Waals surface area contributed by atoms with Gasteiger partial charge < -0.3 is 10.2 Å². The van der Waals surface area contributed by atoms with Gasteiger partial charge in [-0.3, -0.25) is 4.99 Å². The third kappa shape index (κ3) is 8.20. The van der Waals surface area contributed by atoms with Crippen molar-refractivity contribution in [3.8, 4) is 0 Å². The molecule has 0 aliphatic heterocycles. The fourth-order valence-corrected chi connectivity index (χ4v) is 3.55. The largest absolute Gasteiger partial charge is 0.357 e. The van der Waals surface area contributed by atoms with E-state index < -0.39 is 9.84 Å². The molecule has 1 N–H and O–H groups in total. The number of benzene rings is 1. The predicted molar refractivity (Wildman–Crippen MR) is 106 cm³/mol. The Morgan fingerprint density at radius 1 is 1.24 bits per heavy atom. The third-order valence-electron chi connectivity index (χ3n) is 3.82. The molecule has 0 radical (unpaired) electrons. The van der Waals surface area contributed by atoms with Crippen LogP contribution in [0, 0.1) is 0 Å². The molecule has 25 heavy (non-hydrogen) atoms. The van der Waals surface area contributed by atoms with E-state index >= 15 is 0 Å². The Hall–Kier alpha value is -1.82. The van der Waals surface area contributed by atoms with Crippen molar-refractivity contribution in [2.24, 2.45) is 4.99 Å². The molecular formula is C19H31N3O2S. The van der Waals surface area contributed by atoms with Gasteiger partial charge in [0.15, 0.2) is 15.8 Å². The van der Waals surface area contributed by atoms with Crippen LogP contribution in [0.5, 0.6) is 0 Å². The molecule has 1 rings (SSSR count). The van der Waals surface area contributed by atoms with E-state index in [1.54, 1.807) is 24.3 Å². The Labute approximate surface area is 152 Å². The molecule has 0 aliphatic carbocycles. The number of nitrogens with one attached hydrogen (secondary N) is 1. The molecule has 0 saturated carbocycles. The van der Waals surface area contributed by atoms with Gasteiger partial charge in [0.2, 0.25) is 0 Å². The van der Waals surface area contributed by atoms with Crippen LogP contribution < -0.4 is 5.32 Å². The van der Waals surface area contributed by atoms with Crippen molar-refractivity contribution in [3.05, 3.63) is 43.0 Å². The summed E-state index contributed by atoms with van der Waals surface area (Å²) in [6, 6.07) is 8.53. The van der Waals surface area contributed by atoms with Gasteiger partial charge in [-0.15, -0.1) is 6.58 Å². The lowest BCUT2D eigenvalue weighted by atomic mass is 10.2. The van der Waals surface area contributed by atoms with Gasteiger partial charge in [-0.05, 0) is 38.3 Å². The quantitative estimate of drug-likeness (QED) is 0.283. The van der Waals surface area contributed by atoms with Gasteiger partial charge in [-0.2, -0.15) is 0 Å². The van der Waals surface area contributed by atoms with E-state index in [-0.39, 0.29) is 12.3 Å². The number of aliphatic imine (C=N–C) groups is 1. The van der Waals surface area contributed by atoms with Gasteiger partial charge in [0.25, 0.3) is 0 Å². The standard InChI is InChI=1S/C19H31N3O2S/c1-4-6-7-8-12-16-22(3)19(20-5-2)21-15-17-25(23,24)18-13-10-9-11-14-18/h4,9-11,13-14H,1,5-8,12,15-17H2,2-3H3,(H,20,21). The Kier molecular flexibility index (Phi) is 9.92. The fourth-order valence-electron chi connectivity index (χ4n) is 2.41. The van der Waals surface area contributed by atoms with Crippen molar-refractivity contribution in [1.82, 2.24) is 10.2 Å². The average Bonchev–Trinajstić information content (AvgIpc) is 2.61. The number of unbranched alkanes of at least 4 members (excludes halogenated alkanes) is 3. The zero-order valence-corrected chi connectivity index (χ0v) is 16.3. The van der Waals surface area contributed by atoms with Crippen LogP contribution in [0.15, 0.2) is 52.9 Å². The lowest BCUT2D eigenvalue weighted by Gasteiger charge is -2.22. The van der Waals surface area contributed by atoms with Crippen LogP contribution in [0.3, 0.4) is 0 Å². The van der Waals surface area contributed by atoms with E-state index in [9.17, 15) is 8.42 Å². The normalized spacial score (nSPS) is 12.0. The van der Waals surface area contributed by atoms with E-state index in [1.807, 2.05) is 26.1 Å². The van der Waals surface area contributed by atoms with E-state index in [4.69, 9.17) is 0 Å². The highest BCUT2D eigenvalue weighted by Crippen LogP contribution is 2.09. The summed E-state index contributed by atoms with van der Waals surface area (Å²) in [5.74, 6) is 0.772. The first kappa shape index (κ1) is 21.2. The van der Waals surface area contributed by atoms with Crippen molar-refractivity contribution < 1.29 is 8.42 Å². The summed E-state index contributed by atoms with van der Waals surface area (Å²) in [6.45, 7) is 7.64. The number of nitrogens with zero attached hydrogens (tertiary/aromatic N) is 2. The molecule has 0 unspecified atom stereocenters. The average molecular weight is 366 g/mol. The molecule has 0 amide bonds. The molecule has 0 fully saturated rings. The number of guanidine groups is 1. The monoisotopic (exact) mass is 365 g/mol. The molecule has 1 aromatic carbocycles. The van der Waals surface area contributed by atoms with E-state index in [0.29, 0.717) is 4.90 Å². The van der Waals surface area contributed by atoms with Crippen molar-refractivity contribution in [2.75, 3.05) is 32.4 Å². The lowest BCUT2D eigenvalue weighted by Crippen LogP contribution is -2.39. The molecule has 140 valence electrons. The van der Waals surface area contributed by atoms with Gasteiger partial charge in [0, 0.05) is 20.1 Å². The molecule has 0 heterocycles. The third-order valence-corrected chi connectivity index (χ3v) is 5.53. The zero-order valence-electron chi connectivity index (χ0n) is 15.4. The van der Waals surface area contributed by atoms with E-state index in [2.05, 4.69) is 21.8 Å². The molecule has 0 aliphatic rings. The maximum atomic E-state index is 12.3. The summed E-state index contributed by atoms with van der Waals surface area (Å²) in [7, 11) is -1.30. The van der Waals surface area contributed by atoms with Crippen molar-refractivity contribution in [3.63, 3.8) is 0 Å². The fraction of sp³-hybridized carbons (Fsp3) is 0.526. The number of sulfone groups is 1. The van der Waals surface area contributed by atoms with Gasteiger partial charge >= 0.3 is 0 Å². The summed E-state index contributed by atoms with van der Waals surface area (Å²) in [4.78, 5) is 6.89. The molecule has 6 heteroatoms. The molecule has 0 atom stereocenters. The summed E-state index contributed by atoms with van der Waals surface area (Å²) >= 11 is 0. The summed E-state index contributed by atoms with van der Waals surface area (Å²) in [5.41, 5.74) is 0. The summed E-state index contributed by atoms with van der Waals surface area (Å²) in [6.07, 6.45) is 6.38. The minimum atomic E-state index is -3.29. The Morgan fingerprint density at radius 2 is 1.96 bits per heavy atom. The maximum Gasteiger partial charge on any atom is 0.193 e. The molecular weight excluding hydrogens is 334 g/mol. The molecule has 0 aromatic heterocycles. The first-order chi connectivity index (χ1) is 12.0. The second-order valence-electron chi connectivity index (χ2n) is 5.93. The molecule has 1 aromatic rings. The number of allylic oxidation sites excluding steroid dienone is 1. The van der Waals surface area contributed by atoms with Crippen LogP contribution in [0.1, 0.15) is 32.6 Å². The topological polar surface area (TPSA) is 61.8 Å². The van der Waals surface area contributed by atoms with Crippen LogP contribution in [0.25, 0.3) is 0 Å². The number of hydrogen-bond acceptors (Lipinski definition) is 3.